The highest BCUT2D eigenvalue weighted by Gasteiger charge is 2.35. The monoisotopic (exact) mass is 456 g/mol. The zero-order valence-corrected chi connectivity index (χ0v) is 17.2. The van der Waals surface area contributed by atoms with Gasteiger partial charge in [-0.05, 0) is 36.0 Å². The van der Waals surface area contributed by atoms with Gasteiger partial charge < -0.3 is 14.3 Å². The molecule has 0 spiro atoms. The van der Waals surface area contributed by atoms with Crippen molar-refractivity contribution >= 4 is 46.6 Å². The van der Waals surface area contributed by atoms with Crippen molar-refractivity contribution in [1.82, 2.24) is 4.90 Å². The fourth-order valence-electron chi connectivity index (χ4n) is 2.98. The molecule has 0 aliphatic carbocycles. The summed E-state index contributed by atoms with van der Waals surface area (Å²) in [5.74, 6) is -1.72. The molecule has 6 nitrogen and oxygen atoms in total. The van der Waals surface area contributed by atoms with Crippen molar-refractivity contribution in [2.24, 2.45) is 0 Å². The van der Waals surface area contributed by atoms with E-state index in [2.05, 4.69) is 0 Å². The highest BCUT2D eigenvalue weighted by molar-refractivity contribution is 8.18. The van der Waals surface area contributed by atoms with Crippen LogP contribution in [0.3, 0.4) is 0 Å². The number of carboxylic acid groups (broad SMARTS) is 1. The van der Waals surface area contributed by atoms with Gasteiger partial charge in [-0.3, -0.25) is 14.5 Å². The second kappa shape index (κ2) is 8.41. The SMILES string of the molecule is O=C([O-])c1ccc(-c2ccc(/C=C3\SC(=O)N(Cc4ccccc4F)C3=O)o2)cc1Cl. The third kappa shape index (κ3) is 4.26. The number of benzene rings is 2. The van der Waals surface area contributed by atoms with E-state index in [4.69, 9.17) is 16.0 Å². The number of carbonyl (C=O) groups excluding carboxylic acids is 3. The number of thioether (sulfide) groups is 1. The van der Waals surface area contributed by atoms with Crippen molar-refractivity contribution in [3.63, 3.8) is 0 Å². The zero-order chi connectivity index (χ0) is 22.1. The summed E-state index contributed by atoms with van der Waals surface area (Å²) in [5, 5.41) is 10.5. The van der Waals surface area contributed by atoms with Crippen LogP contribution in [0.4, 0.5) is 9.18 Å². The van der Waals surface area contributed by atoms with Crippen molar-refractivity contribution in [3.8, 4) is 11.3 Å². The summed E-state index contributed by atoms with van der Waals surface area (Å²) in [5.41, 5.74) is 0.631. The minimum atomic E-state index is -1.39. The molecule has 3 aromatic rings. The van der Waals surface area contributed by atoms with E-state index in [1.165, 1.54) is 42.5 Å². The first kappa shape index (κ1) is 20.9. The third-order valence-corrected chi connectivity index (χ3v) is 5.75. The normalized spacial score (nSPS) is 15.2. The highest BCUT2D eigenvalue weighted by Crippen LogP contribution is 2.35. The fraction of sp³-hybridized carbons (Fsp3) is 0.0455. The van der Waals surface area contributed by atoms with E-state index in [9.17, 15) is 23.9 Å². The van der Waals surface area contributed by atoms with Crippen molar-refractivity contribution in [1.29, 1.82) is 0 Å². The molecular weight excluding hydrogens is 445 g/mol. The molecular formula is C22H12ClFNO5S-. The molecule has 2 amide bonds. The van der Waals surface area contributed by atoms with Crippen molar-refractivity contribution in [2.75, 3.05) is 0 Å². The highest BCUT2D eigenvalue weighted by atomic mass is 35.5. The van der Waals surface area contributed by atoms with Crippen molar-refractivity contribution in [2.45, 2.75) is 6.54 Å². The van der Waals surface area contributed by atoms with Crippen LogP contribution in [0.5, 0.6) is 0 Å². The van der Waals surface area contributed by atoms with Gasteiger partial charge in [0.15, 0.2) is 0 Å². The Morgan fingerprint density at radius 3 is 2.65 bits per heavy atom. The Balaban J connectivity index is 1.55. The number of amides is 2. The van der Waals surface area contributed by atoms with Crippen LogP contribution in [-0.2, 0) is 11.3 Å². The smallest absolute Gasteiger partial charge is 0.293 e. The number of nitrogens with zero attached hydrogens (tertiary/aromatic N) is 1. The Hall–Kier alpha value is -3.36. The first-order chi connectivity index (χ1) is 14.8. The molecule has 4 rings (SSSR count). The molecule has 2 aromatic carbocycles. The zero-order valence-electron chi connectivity index (χ0n) is 15.6. The molecule has 1 aliphatic rings. The Morgan fingerprint density at radius 1 is 1.16 bits per heavy atom. The van der Waals surface area contributed by atoms with Crippen LogP contribution in [0.25, 0.3) is 17.4 Å². The van der Waals surface area contributed by atoms with Gasteiger partial charge in [-0.25, -0.2) is 4.39 Å². The predicted octanol–water partition coefficient (Wildman–Crippen LogP) is 4.34. The first-order valence-electron chi connectivity index (χ1n) is 8.93. The molecule has 1 fully saturated rings. The third-order valence-electron chi connectivity index (χ3n) is 4.53. The van der Waals surface area contributed by atoms with Gasteiger partial charge in [-0.15, -0.1) is 0 Å². The van der Waals surface area contributed by atoms with Crippen LogP contribution in [0.2, 0.25) is 5.02 Å². The van der Waals surface area contributed by atoms with Crippen LogP contribution < -0.4 is 5.11 Å². The van der Waals surface area contributed by atoms with Crippen LogP contribution >= 0.6 is 23.4 Å². The maximum Gasteiger partial charge on any atom is 0.293 e. The summed E-state index contributed by atoms with van der Waals surface area (Å²) in [7, 11) is 0. The van der Waals surface area contributed by atoms with E-state index in [0.29, 0.717) is 17.1 Å². The molecule has 1 aromatic heterocycles. The van der Waals surface area contributed by atoms with Gasteiger partial charge in [-0.2, -0.15) is 0 Å². The number of halogens is 2. The lowest BCUT2D eigenvalue weighted by molar-refractivity contribution is -0.255. The Kier molecular flexibility index (Phi) is 5.67. The maximum atomic E-state index is 13.9. The van der Waals surface area contributed by atoms with E-state index in [-0.39, 0.29) is 27.6 Å². The molecule has 0 N–H and O–H groups in total. The number of rotatable bonds is 5. The molecule has 156 valence electrons. The summed E-state index contributed by atoms with van der Waals surface area (Å²) in [6, 6.07) is 13.4. The molecule has 0 saturated carbocycles. The van der Waals surface area contributed by atoms with E-state index in [1.54, 1.807) is 18.2 Å². The lowest BCUT2D eigenvalue weighted by Crippen LogP contribution is -2.27. The lowest BCUT2D eigenvalue weighted by atomic mass is 10.1. The number of aromatic carboxylic acids is 1. The number of hydrogen-bond acceptors (Lipinski definition) is 6. The quantitative estimate of drug-likeness (QED) is 0.530. The number of imide groups is 1. The van der Waals surface area contributed by atoms with Crippen molar-refractivity contribution < 1.29 is 28.3 Å². The van der Waals surface area contributed by atoms with Crippen LogP contribution in [0.1, 0.15) is 21.7 Å². The molecule has 0 radical (unpaired) electrons. The summed E-state index contributed by atoms with van der Waals surface area (Å²) >= 11 is 6.69. The minimum absolute atomic E-state index is 0.00436. The van der Waals surface area contributed by atoms with Crippen molar-refractivity contribution in [3.05, 3.63) is 87.2 Å². The van der Waals surface area contributed by atoms with Gasteiger partial charge in [0.05, 0.1) is 22.4 Å². The van der Waals surface area contributed by atoms with Crippen LogP contribution in [-0.4, -0.2) is 22.0 Å². The van der Waals surface area contributed by atoms with Crippen LogP contribution in [0, 0.1) is 5.82 Å². The maximum absolute atomic E-state index is 13.9. The molecule has 1 saturated heterocycles. The average molecular weight is 457 g/mol. The van der Waals surface area contributed by atoms with Gasteiger partial charge in [0, 0.05) is 22.8 Å². The second-order valence-electron chi connectivity index (χ2n) is 6.54. The molecule has 0 atom stereocenters. The molecule has 0 bridgehead atoms. The van der Waals surface area contributed by atoms with Gasteiger partial charge in [0.25, 0.3) is 11.1 Å². The fourth-order valence-corrected chi connectivity index (χ4v) is 4.06. The van der Waals surface area contributed by atoms with Gasteiger partial charge in [0.2, 0.25) is 0 Å². The average Bonchev–Trinajstić information content (AvgIpc) is 3.29. The topological polar surface area (TPSA) is 90.6 Å². The van der Waals surface area contributed by atoms with Gasteiger partial charge >= 0.3 is 0 Å². The Morgan fingerprint density at radius 2 is 1.94 bits per heavy atom. The van der Waals surface area contributed by atoms with E-state index in [0.717, 1.165) is 16.7 Å². The summed E-state index contributed by atoms with van der Waals surface area (Å²) in [6.45, 7) is -0.165. The predicted molar refractivity (Wildman–Crippen MR) is 111 cm³/mol. The summed E-state index contributed by atoms with van der Waals surface area (Å²) in [4.78, 5) is 37.0. The van der Waals surface area contributed by atoms with Gasteiger partial charge in [-0.1, -0.05) is 41.9 Å². The number of hydrogen-bond donors (Lipinski definition) is 0. The molecule has 31 heavy (non-hydrogen) atoms. The Bertz CT molecular complexity index is 1250. The first-order valence-corrected chi connectivity index (χ1v) is 10.1. The molecule has 2 heterocycles. The second-order valence-corrected chi connectivity index (χ2v) is 7.94. The number of carboxylic acids is 1. The summed E-state index contributed by atoms with van der Waals surface area (Å²) < 4.78 is 19.6. The van der Waals surface area contributed by atoms with E-state index < -0.39 is 22.9 Å². The molecule has 1 aliphatic heterocycles. The Labute approximate surface area is 184 Å². The van der Waals surface area contributed by atoms with Gasteiger partial charge in [0.1, 0.15) is 17.3 Å². The largest absolute Gasteiger partial charge is 0.545 e. The lowest BCUT2D eigenvalue weighted by Gasteiger charge is -2.12. The molecule has 0 unspecified atom stereocenters. The number of carbonyl (C=O) groups is 3. The standard InChI is InChI=1S/C22H13ClFNO5S/c23-16-9-12(5-7-15(16)21(27)28)18-8-6-14(30-18)10-19-20(26)25(22(29)31-19)11-13-3-1-2-4-17(13)24/h1-10H,11H2,(H,27,28)/p-1/b19-10-. The molecule has 9 heteroatoms. The summed E-state index contributed by atoms with van der Waals surface area (Å²) in [6.07, 6.45) is 1.42. The van der Waals surface area contributed by atoms with E-state index >= 15 is 0 Å². The van der Waals surface area contributed by atoms with Crippen LogP contribution in [0.15, 0.2) is 63.9 Å². The number of furan rings is 1. The minimum Gasteiger partial charge on any atom is -0.545 e. The van der Waals surface area contributed by atoms with E-state index in [1.807, 2.05) is 0 Å².